The van der Waals surface area contributed by atoms with Crippen LogP contribution in [0.25, 0.3) is 0 Å². The van der Waals surface area contributed by atoms with E-state index >= 15 is 0 Å². The minimum absolute atomic E-state index is 0.0588. The first kappa shape index (κ1) is 25.4. The fourth-order valence-electron chi connectivity index (χ4n) is 11.1. The lowest BCUT2D eigenvalue weighted by Crippen LogP contribution is -2.66. The third-order valence-corrected chi connectivity index (χ3v) is 13.2. The van der Waals surface area contributed by atoms with Gasteiger partial charge in [0.2, 0.25) is 0 Å². The normalized spacial score (nSPS) is 52.6. The lowest BCUT2D eigenvalue weighted by atomic mass is 9.33. The molecule has 0 aromatic heterocycles. The first-order chi connectivity index (χ1) is 15.7. The molecule has 3 unspecified atom stereocenters. The number of halogens is 3. The van der Waals surface area contributed by atoms with Gasteiger partial charge < -0.3 is 10.2 Å². The van der Waals surface area contributed by atoms with Crippen molar-refractivity contribution in [1.82, 2.24) is 0 Å². The van der Waals surface area contributed by atoms with Crippen molar-refractivity contribution in [3.8, 4) is 0 Å². The minimum atomic E-state index is -4.60. The molecule has 5 aliphatic carbocycles. The highest BCUT2D eigenvalue weighted by molar-refractivity contribution is 5.25. The number of alkyl halides is 3. The van der Waals surface area contributed by atoms with Gasteiger partial charge in [-0.05, 0) is 129 Å². The van der Waals surface area contributed by atoms with Crippen molar-refractivity contribution in [2.45, 2.75) is 129 Å². The Bertz CT molecular complexity index is 810. The molecule has 0 saturated heterocycles. The highest BCUT2D eigenvalue weighted by Crippen LogP contribution is 2.83. The Morgan fingerprint density at radius 3 is 2.35 bits per heavy atom. The van der Waals surface area contributed by atoms with Gasteiger partial charge in [0.1, 0.15) is 0 Å². The smallest absolute Gasteiger partial charge is 0.390 e. The number of fused-ring (bicyclic) bond motifs is 7. The van der Waals surface area contributed by atoms with Gasteiger partial charge in [-0.1, -0.05) is 34.1 Å². The molecule has 5 rings (SSSR count). The van der Waals surface area contributed by atoms with E-state index in [-0.39, 0.29) is 34.5 Å². The van der Waals surface area contributed by atoms with Crippen LogP contribution in [-0.2, 0) is 0 Å². The summed E-state index contributed by atoms with van der Waals surface area (Å²) >= 11 is 0. The molecular weight excluding hydrogens is 437 g/mol. The van der Waals surface area contributed by atoms with E-state index in [0.29, 0.717) is 18.3 Å². The Morgan fingerprint density at radius 1 is 1.00 bits per heavy atom. The summed E-state index contributed by atoms with van der Waals surface area (Å²) < 4.78 is 40.7. The van der Waals surface area contributed by atoms with Gasteiger partial charge >= 0.3 is 6.18 Å². The van der Waals surface area contributed by atoms with Crippen LogP contribution >= 0.6 is 0 Å². The van der Waals surface area contributed by atoms with Crippen molar-refractivity contribution in [2.75, 3.05) is 0 Å². The summed E-state index contributed by atoms with van der Waals surface area (Å²) in [4.78, 5) is 0. The van der Waals surface area contributed by atoms with Crippen LogP contribution in [0.3, 0.4) is 0 Å². The van der Waals surface area contributed by atoms with Crippen LogP contribution in [0.2, 0.25) is 0 Å². The molecular formula is C29H47F3O2. The van der Waals surface area contributed by atoms with Gasteiger partial charge in [-0.2, -0.15) is 13.2 Å². The van der Waals surface area contributed by atoms with Gasteiger partial charge in [-0.25, -0.2) is 0 Å². The zero-order valence-corrected chi connectivity index (χ0v) is 22.0. The second kappa shape index (κ2) is 7.62. The summed E-state index contributed by atoms with van der Waals surface area (Å²) in [5.41, 5.74) is -2.99. The third-order valence-electron chi connectivity index (χ3n) is 13.2. The molecule has 0 aliphatic heterocycles. The lowest BCUT2D eigenvalue weighted by Gasteiger charge is -2.71. The van der Waals surface area contributed by atoms with Gasteiger partial charge in [0.15, 0.2) is 5.60 Å². The minimum Gasteiger partial charge on any atom is -0.390 e. The first-order valence-electron chi connectivity index (χ1n) is 14.2. The molecule has 11 atom stereocenters. The van der Waals surface area contributed by atoms with Crippen molar-refractivity contribution in [2.24, 2.45) is 51.8 Å². The number of rotatable bonds is 5. The summed E-state index contributed by atoms with van der Waals surface area (Å²) in [6.07, 6.45) is 6.50. The molecule has 2 nitrogen and oxygen atoms in total. The maximum atomic E-state index is 13.6. The van der Waals surface area contributed by atoms with Crippen LogP contribution in [-0.4, -0.2) is 27.6 Å². The van der Waals surface area contributed by atoms with Crippen LogP contribution in [0.15, 0.2) is 0 Å². The highest BCUT2D eigenvalue weighted by atomic mass is 19.4. The quantitative estimate of drug-likeness (QED) is 0.424. The van der Waals surface area contributed by atoms with Gasteiger partial charge in [0.25, 0.3) is 0 Å². The van der Waals surface area contributed by atoms with Crippen LogP contribution < -0.4 is 0 Å². The van der Waals surface area contributed by atoms with E-state index in [1.807, 2.05) is 0 Å². The Hall–Kier alpha value is -0.290. The molecule has 5 heteroatoms. The van der Waals surface area contributed by atoms with E-state index in [1.165, 1.54) is 25.7 Å². The monoisotopic (exact) mass is 484 g/mol. The predicted molar refractivity (Wildman–Crippen MR) is 128 cm³/mol. The Kier molecular flexibility index (Phi) is 5.68. The molecule has 0 amide bonds. The van der Waals surface area contributed by atoms with Gasteiger partial charge in [-0.15, -0.1) is 0 Å². The van der Waals surface area contributed by atoms with Crippen molar-refractivity contribution < 1.29 is 23.4 Å². The summed E-state index contributed by atoms with van der Waals surface area (Å²) in [6, 6.07) is 0. The third kappa shape index (κ3) is 3.13. The number of aliphatic hydroxyl groups is 2. The molecule has 0 spiro atoms. The molecule has 0 aromatic carbocycles. The Balaban J connectivity index is 1.56. The molecule has 34 heavy (non-hydrogen) atoms. The summed E-state index contributed by atoms with van der Waals surface area (Å²) in [5.74, 6) is 2.84. The van der Waals surface area contributed by atoms with E-state index in [2.05, 4.69) is 27.7 Å². The van der Waals surface area contributed by atoms with Crippen molar-refractivity contribution in [3.63, 3.8) is 0 Å². The zero-order valence-electron chi connectivity index (χ0n) is 22.0. The molecule has 196 valence electrons. The average Bonchev–Trinajstić information content (AvgIpc) is 3.48. The molecule has 0 heterocycles. The van der Waals surface area contributed by atoms with E-state index in [9.17, 15) is 23.4 Å². The number of hydrogen-bond acceptors (Lipinski definition) is 2. The first-order valence-corrected chi connectivity index (χ1v) is 14.2. The fraction of sp³-hybridized carbons (Fsp3) is 1.00. The van der Waals surface area contributed by atoms with Gasteiger partial charge in [0, 0.05) is 0 Å². The second-order valence-corrected chi connectivity index (χ2v) is 14.1. The number of hydrogen-bond donors (Lipinski definition) is 2. The van der Waals surface area contributed by atoms with Crippen LogP contribution in [0.1, 0.15) is 112 Å². The van der Waals surface area contributed by atoms with Crippen LogP contribution in [0.5, 0.6) is 0 Å². The van der Waals surface area contributed by atoms with Crippen molar-refractivity contribution >= 4 is 0 Å². The summed E-state index contributed by atoms with van der Waals surface area (Å²) in [6.45, 7) is 10.3. The maximum absolute atomic E-state index is 13.6. The Morgan fingerprint density at radius 2 is 1.71 bits per heavy atom. The van der Waals surface area contributed by atoms with E-state index in [1.54, 1.807) is 0 Å². The van der Waals surface area contributed by atoms with Gasteiger partial charge in [0.05, 0.1) is 5.60 Å². The van der Waals surface area contributed by atoms with Crippen LogP contribution in [0, 0.1) is 51.8 Å². The van der Waals surface area contributed by atoms with E-state index in [4.69, 9.17) is 0 Å². The second-order valence-electron chi connectivity index (χ2n) is 14.1. The Labute approximate surface area is 204 Å². The van der Waals surface area contributed by atoms with Crippen molar-refractivity contribution in [3.05, 3.63) is 0 Å². The topological polar surface area (TPSA) is 40.5 Å². The van der Waals surface area contributed by atoms with E-state index in [0.717, 1.165) is 57.3 Å². The molecule has 5 aliphatic rings. The molecule has 5 fully saturated rings. The van der Waals surface area contributed by atoms with Crippen LogP contribution in [0.4, 0.5) is 13.2 Å². The largest absolute Gasteiger partial charge is 0.416 e. The predicted octanol–water partition coefficient (Wildman–Crippen LogP) is 7.52. The maximum Gasteiger partial charge on any atom is 0.416 e. The zero-order chi connectivity index (χ0) is 24.9. The molecule has 0 aromatic rings. The summed E-state index contributed by atoms with van der Waals surface area (Å²) in [5, 5.41) is 22.2. The molecule has 0 radical (unpaired) electrons. The van der Waals surface area contributed by atoms with Gasteiger partial charge in [-0.3, -0.25) is 0 Å². The molecule has 2 N–H and O–H groups in total. The molecule has 0 bridgehead atoms. The average molecular weight is 485 g/mol. The SMILES string of the molecule is CC[C@]1(O)CCC[C@H]2CC[C@]3([C@H](C)CC[C@](C)(O)C(F)(F)F)C(CC[C@@]4(C)[C@H]5CC5C[C@@]43C)C21. The van der Waals surface area contributed by atoms with Crippen molar-refractivity contribution in [1.29, 1.82) is 0 Å². The summed E-state index contributed by atoms with van der Waals surface area (Å²) in [7, 11) is 0. The molecule has 5 saturated carbocycles. The lowest BCUT2D eigenvalue weighted by molar-refractivity contribution is -0.265. The fourth-order valence-corrected chi connectivity index (χ4v) is 11.1. The highest BCUT2D eigenvalue weighted by Gasteiger charge is 2.77. The van der Waals surface area contributed by atoms with E-state index < -0.39 is 17.4 Å². The standard InChI is InChI=1S/C29H47F3O2/c1-6-27(34)12-7-8-19-10-15-28(18(2)9-14-26(5,33)29(30,31)32)21(23(19)27)11-13-24(3)22-16-20(22)17-25(24,28)4/h18-23,33-34H,6-17H2,1-5H3/t18-,19+,20?,21?,22+,23?,24+,25+,26+,27+,28+/m1/s1.